The molecule has 0 aliphatic heterocycles. The molecule has 3 nitrogen and oxygen atoms in total. The fourth-order valence-electron chi connectivity index (χ4n) is 2.96. The van der Waals surface area contributed by atoms with E-state index in [1.807, 2.05) is 12.1 Å². The maximum atomic E-state index is 11.0. The van der Waals surface area contributed by atoms with Gasteiger partial charge in [-0.3, -0.25) is 5.41 Å². The van der Waals surface area contributed by atoms with Gasteiger partial charge in [-0.05, 0) is 46.7 Å². The van der Waals surface area contributed by atoms with Crippen molar-refractivity contribution >= 4 is 5.71 Å². The van der Waals surface area contributed by atoms with E-state index in [1.165, 1.54) is 0 Å². The molecule has 2 aromatic carbocycles. The van der Waals surface area contributed by atoms with Crippen LogP contribution in [-0.4, -0.2) is 15.9 Å². The fraction of sp³-hybridized carbons (Fsp3) is 0.381. The van der Waals surface area contributed by atoms with Crippen molar-refractivity contribution in [2.45, 2.75) is 52.4 Å². The molecule has 0 aliphatic rings. The van der Waals surface area contributed by atoms with Crippen molar-refractivity contribution in [1.82, 2.24) is 0 Å². The van der Waals surface area contributed by atoms with Gasteiger partial charge < -0.3 is 10.2 Å². The highest BCUT2D eigenvalue weighted by Crippen LogP contribution is 2.41. The number of phenolic OH excluding ortho intramolecular Hbond substituents is 2. The second-order valence-electron chi connectivity index (χ2n) is 8.31. The highest BCUT2D eigenvalue weighted by Gasteiger charge is 2.30. The van der Waals surface area contributed by atoms with Crippen LogP contribution in [0.15, 0.2) is 36.4 Å². The Balaban J connectivity index is 2.65. The van der Waals surface area contributed by atoms with Crippen LogP contribution in [0.3, 0.4) is 0 Å². The van der Waals surface area contributed by atoms with E-state index in [-0.39, 0.29) is 28.0 Å². The van der Waals surface area contributed by atoms with Gasteiger partial charge in [-0.25, -0.2) is 0 Å². The Morgan fingerprint density at radius 2 is 1.33 bits per heavy atom. The SMILES string of the molecule is CC(C)(C)c1ccc(C(=N)c2ccc(O)cc2)c(O)c1C(C)(C)C. The van der Waals surface area contributed by atoms with Crippen molar-refractivity contribution in [3.8, 4) is 11.5 Å². The van der Waals surface area contributed by atoms with Gasteiger partial charge in [0.2, 0.25) is 0 Å². The van der Waals surface area contributed by atoms with Gasteiger partial charge in [0.25, 0.3) is 0 Å². The van der Waals surface area contributed by atoms with Gasteiger partial charge in [0.05, 0.1) is 5.71 Å². The molecule has 2 rings (SSSR count). The molecule has 3 heteroatoms. The average molecular weight is 325 g/mol. The molecule has 0 atom stereocenters. The van der Waals surface area contributed by atoms with Gasteiger partial charge in [-0.15, -0.1) is 0 Å². The van der Waals surface area contributed by atoms with Gasteiger partial charge in [-0.1, -0.05) is 47.6 Å². The number of hydrogen-bond donors (Lipinski definition) is 3. The molecule has 0 heterocycles. The predicted molar refractivity (Wildman–Crippen MR) is 99.5 cm³/mol. The summed E-state index contributed by atoms with van der Waals surface area (Å²) in [5.41, 5.74) is 3.06. The summed E-state index contributed by atoms with van der Waals surface area (Å²) in [6.07, 6.45) is 0. The lowest BCUT2D eigenvalue weighted by atomic mass is 9.73. The Morgan fingerprint density at radius 1 is 0.792 bits per heavy atom. The van der Waals surface area contributed by atoms with Crippen LogP contribution in [0.1, 0.15) is 63.8 Å². The summed E-state index contributed by atoms with van der Waals surface area (Å²) < 4.78 is 0. The monoisotopic (exact) mass is 325 g/mol. The van der Waals surface area contributed by atoms with Crippen LogP contribution < -0.4 is 0 Å². The number of benzene rings is 2. The topological polar surface area (TPSA) is 64.3 Å². The highest BCUT2D eigenvalue weighted by molar-refractivity contribution is 6.12. The minimum absolute atomic E-state index is 0.0979. The minimum atomic E-state index is -0.238. The van der Waals surface area contributed by atoms with Gasteiger partial charge in [0.1, 0.15) is 11.5 Å². The maximum absolute atomic E-state index is 11.0. The first-order valence-corrected chi connectivity index (χ1v) is 8.18. The molecule has 2 aromatic rings. The Labute approximate surface area is 144 Å². The normalized spacial score (nSPS) is 12.2. The van der Waals surface area contributed by atoms with Gasteiger partial charge >= 0.3 is 0 Å². The summed E-state index contributed by atoms with van der Waals surface area (Å²) >= 11 is 0. The number of hydrogen-bond acceptors (Lipinski definition) is 3. The third kappa shape index (κ3) is 3.45. The van der Waals surface area contributed by atoms with Crippen LogP contribution in [0, 0.1) is 5.41 Å². The summed E-state index contributed by atoms with van der Waals surface area (Å²) in [4.78, 5) is 0. The van der Waals surface area contributed by atoms with Crippen LogP contribution in [0.2, 0.25) is 0 Å². The van der Waals surface area contributed by atoms with Crippen molar-refractivity contribution < 1.29 is 10.2 Å². The third-order valence-corrected chi connectivity index (χ3v) is 4.16. The van der Waals surface area contributed by atoms with Crippen molar-refractivity contribution in [3.63, 3.8) is 0 Å². The van der Waals surface area contributed by atoms with Gasteiger partial charge in [0, 0.05) is 16.7 Å². The molecule has 0 bridgehead atoms. The van der Waals surface area contributed by atoms with Gasteiger partial charge in [0.15, 0.2) is 0 Å². The molecule has 3 N–H and O–H groups in total. The number of rotatable bonds is 2. The standard InChI is InChI=1S/C21H27NO2/c1-20(2,3)16-12-11-15(19(24)17(16)21(4,5)6)18(22)13-7-9-14(23)10-8-13/h7-12,22-24H,1-6H3. The Morgan fingerprint density at radius 3 is 1.79 bits per heavy atom. The molecule has 128 valence electrons. The van der Waals surface area contributed by atoms with E-state index in [9.17, 15) is 10.2 Å². The summed E-state index contributed by atoms with van der Waals surface area (Å²) in [6, 6.07) is 10.3. The largest absolute Gasteiger partial charge is 0.508 e. The van der Waals surface area contributed by atoms with Crippen molar-refractivity contribution in [2.24, 2.45) is 0 Å². The summed E-state index contributed by atoms with van der Waals surface area (Å²) in [7, 11) is 0. The van der Waals surface area contributed by atoms with E-state index in [2.05, 4.69) is 41.5 Å². The van der Waals surface area contributed by atoms with Crippen LogP contribution in [0.5, 0.6) is 11.5 Å². The second-order valence-corrected chi connectivity index (χ2v) is 8.31. The molecular weight excluding hydrogens is 298 g/mol. The number of nitrogens with one attached hydrogen (secondary N) is 1. The molecule has 0 unspecified atom stereocenters. The molecule has 0 spiro atoms. The van der Waals surface area contributed by atoms with Crippen LogP contribution in [-0.2, 0) is 10.8 Å². The zero-order valence-corrected chi connectivity index (χ0v) is 15.4. The lowest BCUT2D eigenvalue weighted by molar-refractivity contribution is 0.434. The van der Waals surface area contributed by atoms with Crippen LogP contribution in [0.25, 0.3) is 0 Å². The lowest BCUT2D eigenvalue weighted by Gasteiger charge is -2.31. The quantitative estimate of drug-likeness (QED) is 0.672. The average Bonchev–Trinajstić information content (AvgIpc) is 2.44. The third-order valence-electron chi connectivity index (χ3n) is 4.16. The van der Waals surface area contributed by atoms with E-state index < -0.39 is 0 Å². The first kappa shape index (κ1) is 18.1. The fourth-order valence-corrected chi connectivity index (χ4v) is 2.96. The summed E-state index contributed by atoms with van der Waals surface area (Å²) in [5, 5.41) is 28.9. The molecule has 24 heavy (non-hydrogen) atoms. The smallest absolute Gasteiger partial charge is 0.128 e. The Hall–Kier alpha value is -2.29. The molecule has 0 saturated heterocycles. The molecule has 0 amide bonds. The molecule has 0 aromatic heterocycles. The Bertz CT molecular complexity index is 760. The van der Waals surface area contributed by atoms with Gasteiger partial charge in [-0.2, -0.15) is 0 Å². The van der Waals surface area contributed by atoms with Crippen molar-refractivity contribution in [3.05, 3.63) is 58.7 Å². The highest BCUT2D eigenvalue weighted by atomic mass is 16.3. The summed E-state index contributed by atoms with van der Waals surface area (Å²) in [5.74, 6) is 0.335. The Kier molecular flexibility index (Phi) is 4.49. The van der Waals surface area contributed by atoms with Crippen LogP contribution >= 0.6 is 0 Å². The van der Waals surface area contributed by atoms with Crippen LogP contribution in [0.4, 0.5) is 0 Å². The first-order chi connectivity index (χ1) is 10.9. The van der Waals surface area contributed by atoms with Crippen molar-refractivity contribution in [1.29, 1.82) is 5.41 Å². The lowest BCUT2D eigenvalue weighted by Crippen LogP contribution is -2.23. The second kappa shape index (κ2) is 5.97. The zero-order chi connectivity index (χ0) is 18.3. The molecular formula is C21H27NO2. The molecule has 0 fully saturated rings. The zero-order valence-electron chi connectivity index (χ0n) is 15.4. The molecule has 0 radical (unpaired) electrons. The first-order valence-electron chi connectivity index (χ1n) is 8.18. The number of aromatic hydroxyl groups is 2. The number of phenols is 2. The predicted octanol–water partition coefficient (Wildman–Crippen LogP) is 5.11. The molecule has 0 saturated carbocycles. The van der Waals surface area contributed by atoms with E-state index in [1.54, 1.807) is 24.3 Å². The molecule has 0 aliphatic carbocycles. The minimum Gasteiger partial charge on any atom is -0.508 e. The summed E-state index contributed by atoms with van der Waals surface area (Å²) in [6.45, 7) is 12.6. The van der Waals surface area contributed by atoms with Crippen molar-refractivity contribution in [2.75, 3.05) is 0 Å². The van der Waals surface area contributed by atoms with E-state index >= 15 is 0 Å². The maximum Gasteiger partial charge on any atom is 0.128 e. The van der Waals surface area contributed by atoms with E-state index in [4.69, 9.17) is 5.41 Å². The van der Waals surface area contributed by atoms with E-state index in [0.717, 1.165) is 11.1 Å². The van der Waals surface area contributed by atoms with E-state index in [0.29, 0.717) is 11.1 Å².